The third-order valence-electron chi connectivity index (χ3n) is 6.55. The van der Waals surface area contributed by atoms with Gasteiger partial charge in [0.05, 0.1) is 11.2 Å². The Kier molecular flexibility index (Phi) is 7.50. The van der Waals surface area contributed by atoms with Gasteiger partial charge in [-0.05, 0) is 51.6 Å². The summed E-state index contributed by atoms with van der Waals surface area (Å²) in [7, 11) is 0. The Morgan fingerprint density at radius 1 is 1.14 bits per heavy atom. The summed E-state index contributed by atoms with van der Waals surface area (Å²) >= 11 is 0. The normalized spacial score (nSPS) is 15.3. The largest absolute Gasteiger partial charge is 0.433 e. The number of hydrogen-bond acceptors (Lipinski definition) is 5. The molecule has 1 saturated heterocycles. The van der Waals surface area contributed by atoms with E-state index in [-0.39, 0.29) is 29.8 Å². The first kappa shape index (κ1) is 24.9. The van der Waals surface area contributed by atoms with Gasteiger partial charge in [-0.25, -0.2) is 9.37 Å². The fourth-order valence-electron chi connectivity index (χ4n) is 4.76. The SMILES string of the molecule is C=C/C=C(\Cc1ncnc(Oc2ccc3c(cc(C)n3C(C)C)c2F)c1F)N1CCN(CC)CC1. The molecular formula is C27H33F2N5O. The van der Waals surface area contributed by atoms with E-state index in [0.29, 0.717) is 5.39 Å². The number of aryl methyl sites for hydroxylation is 1. The van der Waals surface area contributed by atoms with E-state index >= 15 is 8.78 Å². The van der Waals surface area contributed by atoms with Gasteiger partial charge < -0.3 is 19.1 Å². The van der Waals surface area contributed by atoms with Crippen molar-refractivity contribution < 1.29 is 13.5 Å². The molecule has 0 aliphatic carbocycles. The summed E-state index contributed by atoms with van der Waals surface area (Å²) < 4.78 is 38.4. The van der Waals surface area contributed by atoms with Crippen molar-refractivity contribution in [2.45, 2.75) is 40.2 Å². The molecule has 3 aromatic rings. The van der Waals surface area contributed by atoms with E-state index in [1.54, 1.807) is 18.2 Å². The zero-order chi connectivity index (χ0) is 25.1. The number of allylic oxidation sites excluding steroid dienone is 3. The third-order valence-corrected chi connectivity index (χ3v) is 6.55. The van der Waals surface area contributed by atoms with Crippen molar-refractivity contribution in [3.63, 3.8) is 0 Å². The van der Waals surface area contributed by atoms with E-state index in [4.69, 9.17) is 4.74 Å². The van der Waals surface area contributed by atoms with Crippen LogP contribution in [0, 0.1) is 18.6 Å². The molecule has 1 aliphatic rings. The number of halogens is 2. The standard InChI is InChI=1S/C27H33F2N5O/c1-6-8-20(33-13-11-32(7-2)12-14-33)16-22-26(29)27(31-17-30-22)35-24-10-9-23-21(25(24)28)15-19(5)34(23)18(3)4/h6,8-10,15,17-18H,1,7,11-14,16H2,2-5H3/b20-8+. The van der Waals surface area contributed by atoms with Crippen LogP contribution in [0.25, 0.3) is 10.9 Å². The highest BCUT2D eigenvalue weighted by Crippen LogP contribution is 2.34. The van der Waals surface area contributed by atoms with Crippen LogP contribution in [0.1, 0.15) is 38.2 Å². The molecule has 0 bridgehead atoms. The number of benzene rings is 1. The van der Waals surface area contributed by atoms with Gasteiger partial charge in [-0.2, -0.15) is 9.37 Å². The molecule has 0 saturated carbocycles. The van der Waals surface area contributed by atoms with Gasteiger partial charge in [0.2, 0.25) is 5.82 Å². The van der Waals surface area contributed by atoms with Gasteiger partial charge in [0.1, 0.15) is 6.33 Å². The Balaban J connectivity index is 1.59. The fraction of sp³-hybridized carbons (Fsp3) is 0.407. The van der Waals surface area contributed by atoms with Crippen LogP contribution in [0.3, 0.4) is 0 Å². The predicted molar refractivity (Wildman–Crippen MR) is 135 cm³/mol. The summed E-state index contributed by atoms with van der Waals surface area (Å²) in [6.07, 6.45) is 5.11. The molecule has 0 N–H and O–H groups in total. The predicted octanol–water partition coefficient (Wildman–Crippen LogP) is 5.64. The smallest absolute Gasteiger partial charge is 0.259 e. The summed E-state index contributed by atoms with van der Waals surface area (Å²) in [6.45, 7) is 16.6. The Bertz CT molecular complexity index is 1240. The highest BCUT2D eigenvalue weighted by atomic mass is 19.1. The van der Waals surface area contributed by atoms with E-state index in [1.807, 2.05) is 26.8 Å². The molecule has 4 rings (SSSR count). The van der Waals surface area contributed by atoms with Gasteiger partial charge in [-0.1, -0.05) is 19.6 Å². The van der Waals surface area contributed by atoms with Crippen molar-refractivity contribution in [1.82, 2.24) is 24.3 Å². The topological polar surface area (TPSA) is 46.4 Å². The first-order valence-corrected chi connectivity index (χ1v) is 12.1. The summed E-state index contributed by atoms with van der Waals surface area (Å²) in [5, 5.41) is 0.436. The van der Waals surface area contributed by atoms with Gasteiger partial charge in [-0.3, -0.25) is 0 Å². The lowest BCUT2D eigenvalue weighted by Crippen LogP contribution is -2.45. The Hall–Kier alpha value is -3.26. The monoisotopic (exact) mass is 481 g/mol. The molecule has 2 aromatic heterocycles. The van der Waals surface area contributed by atoms with Crippen LogP contribution in [0.4, 0.5) is 8.78 Å². The average Bonchev–Trinajstić information content (AvgIpc) is 3.20. The summed E-state index contributed by atoms with van der Waals surface area (Å²) in [5.41, 5.74) is 2.85. The van der Waals surface area contributed by atoms with Gasteiger partial charge >= 0.3 is 0 Å². The molecule has 0 spiro atoms. The first-order valence-electron chi connectivity index (χ1n) is 12.1. The zero-order valence-corrected chi connectivity index (χ0v) is 20.9. The van der Waals surface area contributed by atoms with Crippen LogP contribution in [-0.2, 0) is 6.42 Å². The number of ether oxygens (including phenoxy) is 1. The molecule has 35 heavy (non-hydrogen) atoms. The van der Waals surface area contributed by atoms with Crippen LogP contribution >= 0.6 is 0 Å². The fourth-order valence-corrected chi connectivity index (χ4v) is 4.76. The lowest BCUT2D eigenvalue weighted by Gasteiger charge is -2.36. The number of piperazine rings is 1. The van der Waals surface area contributed by atoms with E-state index < -0.39 is 11.6 Å². The van der Waals surface area contributed by atoms with Crippen LogP contribution < -0.4 is 4.74 Å². The van der Waals surface area contributed by atoms with Gasteiger partial charge in [0, 0.05) is 55.4 Å². The molecule has 0 atom stereocenters. The van der Waals surface area contributed by atoms with Crippen LogP contribution in [-0.4, -0.2) is 57.1 Å². The Morgan fingerprint density at radius 3 is 2.54 bits per heavy atom. The summed E-state index contributed by atoms with van der Waals surface area (Å²) in [5.74, 6) is -1.59. The lowest BCUT2D eigenvalue weighted by molar-refractivity contribution is 0.163. The van der Waals surface area contributed by atoms with Crippen molar-refractivity contribution >= 4 is 10.9 Å². The van der Waals surface area contributed by atoms with E-state index in [1.165, 1.54) is 12.4 Å². The number of hydrogen-bond donors (Lipinski definition) is 0. The molecule has 0 unspecified atom stereocenters. The molecular weight excluding hydrogens is 448 g/mol. The second-order valence-corrected chi connectivity index (χ2v) is 9.09. The van der Waals surface area contributed by atoms with Crippen LogP contribution in [0.15, 0.2) is 49.0 Å². The molecule has 0 radical (unpaired) electrons. The number of likely N-dealkylation sites (N-methyl/N-ethyl adjacent to an activating group) is 1. The third kappa shape index (κ3) is 5.07. The van der Waals surface area contributed by atoms with E-state index in [0.717, 1.165) is 49.6 Å². The molecule has 1 aromatic carbocycles. The van der Waals surface area contributed by atoms with Crippen LogP contribution in [0.5, 0.6) is 11.6 Å². The number of rotatable bonds is 8. The summed E-state index contributed by atoms with van der Waals surface area (Å²) in [4.78, 5) is 12.7. The molecule has 1 aliphatic heterocycles. The van der Waals surface area contributed by atoms with Crippen molar-refractivity contribution in [1.29, 1.82) is 0 Å². The van der Waals surface area contributed by atoms with Crippen molar-refractivity contribution in [2.24, 2.45) is 0 Å². The minimum absolute atomic E-state index is 0.0699. The molecule has 0 amide bonds. The minimum atomic E-state index is -0.690. The van der Waals surface area contributed by atoms with Gasteiger partial charge in [0.25, 0.3) is 5.88 Å². The van der Waals surface area contributed by atoms with Crippen molar-refractivity contribution in [3.05, 3.63) is 72.0 Å². The number of nitrogens with zero attached hydrogens (tertiary/aromatic N) is 5. The maximum absolute atomic E-state index is 15.4. The maximum atomic E-state index is 15.4. The maximum Gasteiger partial charge on any atom is 0.259 e. The average molecular weight is 482 g/mol. The van der Waals surface area contributed by atoms with Gasteiger partial charge in [0.15, 0.2) is 11.6 Å². The molecule has 186 valence electrons. The molecule has 8 heteroatoms. The second kappa shape index (κ2) is 10.6. The highest BCUT2D eigenvalue weighted by Gasteiger charge is 2.22. The zero-order valence-electron chi connectivity index (χ0n) is 20.9. The minimum Gasteiger partial charge on any atom is -0.433 e. The Labute approximate surface area is 205 Å². The quantitative estimate of drug-likeness (QED) is 0.390. The van der Waals surface area contributed by atoms with Crippen molar-refractivity contribution in [3.8, 4) is 11.6 Å². The number of aromatic nitrogens is 3. The van der Waals surface area contributed by atoms with E-state index in [9.17, 15) is 0 Å². The van der Waals surface area contributed by atoms with Gasteiger partial charge in [-0.15, -0.1) is 0 Å². The van der Waals surface area contributed by atoms with Crippen molar-refractivity contribution in [2.75, 3.05) is 32.7 Å². The molecule has 1 fully saturated rings. The summed E-state index contributed by atoms with van der Waals surface area (Å²) in [6, 6.07) is 5.28. The highest BCUT2D eigenvalue weighted by molar-refractivity contribution is 5.84. The number of fused-ring (bicyclic) bond motifs is 1. The molecule has 6 nitrogen and oxygen atoms in total. The second-order valence-electron chi connectivity index (χ2n) is 9.09. The van der Waals surface area contributed by atoms with Crippen LogP contribution in [0.2, 0.25) is 0 Å². The van der Waals surface area contributed by atoms with E-state index in [2.05, 4.69) is 37.8 Å². The Morgan fingerprint density at radius 2 is 1.89 bits per heavy atom. The lowest BCUT2D eigenvalue weighted by atomic mass is 10.1. The molecule has 3 heterocycles. The first-order chi connectivity index (χ1) is 16.8.